The molecule has 0 unspecified atom stereocenters. The van der Waals surface area contributed by atoms with Crippen LogP contribution in [0.1, 0.15) is 0 Å². The fourth-order valence-corrected chi connectivity index (χ4v) is 1.06. The fourth-order valence-electron chi connectivity index (χ4n) is 1.06. The van der Waals surface area contributed by atoms with E-state index in [0.29, 0.717) is 6.61 Å². The van der Waals surface area contributed by atoms with Crippen LogP contribution in [-0.4, -0.2) is 20.3 Å². The van der Waals surface area contributed by atoms with Gasteiger partial charge in [0.15, 0.2) is 11.5 Å². The number of ether oxygens (including phenoxy) is 2. The van der Waals surface area contributed by atoms with Crippen LogP contribution >= 0.6 is 0 Å². The second-order valence-electron chi connectivity index (χ2n) is 2.66. The molecular weight excluding hydrogens is 178 g/mol. The monoisotopic (exact) mass is 193 g/mol. The van der Waals surface area contributed by atoms with Gasteiger partial charge in [-0.25, -0.2) is 0 Å². The Bertz CT molecular complexity index is 286. The van der Waals surface area contributed by atoms with Gasteiger partial charge in [-0.15, -0.1) is 0 Å². The molecule has 3 nitrogen and oxygen atoms in total. The zero-order valence-corrected chi connectivity index (χ0v) is 8.32. The molecule has 0 radical (unpaired) electrons. The topological polar surface area (TPSA) is 30.5 Å². The summed E-state index contributed by atoms with van der Waals surface area (Å²) in [7, 11) is 1.63. The van der Waals surface area contributed by atoms with E-state index in [1.54, 1.807) is 13.3 Å². The minimum atomic E-state index is 0.590. The van der Waals surface area contributed by atoms with E-state index < -0.39 is 0 Å². The van der Waals surface area contributed by atoms with Gasteiger partial charge in [0, 0.05) is 6.54 Å². The van der Waals surface area contributed by atoms with E-state index in [-0.39, 0.29) is 0 Å². The van der Waals surface area contributed by atoms with Gasteiger partial charge in [0.25, 0.3) is 0 Å². The van der Waals surface area contributed by atoms with Crippen LogP contribution in [0.5, 0.6) is 11.5 Å². The molecule has 1 aromatic carbocycles. The van der Waals surface area contributed by atoms with Crippen LogP contribution in [0.25, 0.3) is 0 Å². The van der Waals surface area contributed by atoms with Gasteiger partial charge in [0.05, 0.1) is 7.11 Å². The first kappa shape index (κ1) is 10.4. The van der Waals surface area contributed by atoms with Gasteiger partial charge in [-0.05, 0) is 18.3 Å². The van der Waals surface area contributed by atoms with E-state index in [0.717, 1.165) is 18.0 Å². The summed E-state index contributed by atoms with van der Waals surface area (Å²) in [4.78, 5) is 0. The van der Waals surface area contributed by atoms with E-state index in [2.05, 4.69) is 11.9 Å². The number of hydrogen-bond donors (Lipinski definition) is 1. The Labute approximate surface area is 84.3 Å². The third-order valence-electron chi connectivity index (χ3n) is 1.72. The molecule has 1 N–H and O–H groups in total. The molecule has 1 aromatic rings. The SMILES string of the molecule is C=CNCCOc1ccccc1OC. The Kier molecular flexibility index (Phi) is 4.41. The molecule has 0 aliphatic carbocycles. The number of rotatable bonds is 6. The van der Waals surface area contributed by atoms with Gasteiger partial charge < -0.3 is 14.8 Å². The zero-order chi connectivity index (χ0) is 10.2. The standard InChI is InChI=1S/C11H15NO2/c1-3-12-8-9-14-11-7-5-4-6-10(11)13-2/h3-7,12H,1,8-9H2,2H3. The van der Waals surface area contributed by atoms with Crippen molar-refractivity contribution in [3.8, 4) is 11.5 Å². The largest absolute Gasteiger partial charge is 0.493 e. The second kappa shape index (κ2) is 5.91. The van der Waals surface area contributed by atoms with Crippen molar-refractivity contribution in [2.24, 2.45) is 0 Å². The average molecular weight is 193 g/mol. The van der Waals surface area contributed by atoms with Crippen LogP contribution < -0.4 is 14.8 Å². The minimum Gasteiger partial charge on any atom is -0.493 e. The number of nitrogens with one attached hydrogen (secondary N) is 1. The predicted octanol–water partition coefficient (Wildman–Crippen LogP) is 1.81. The van der Waals surface area contributed by atoms with E-state index in [9.17, 15) is 0 Å². The summed E-state index contributed by atoms with van der Waals surface area (Å²) in [6.45, 7) is 4.87. The Hall–Kier alpha value is -1.64. The molecule has 0 saturated carbocycles. The Morgan fingerprint density at radius 2 is 2.07 bits per heavy atom. The summed E-state index contributed by atoms with van der Waals surface area (Å²) >= 11 is 0. The maximum atomic E-state index is 5.49. The highest BCUT2D eigenvalue weighted by atomic mass is 16.5. The van der Waals surface area contributed by atoms with Gasteiger partial charge >= 0.3 is 0 Å². The van der Waals surface area contributed by atoms with Crippen molar-refractivity contribution in [3.63, 3.8) is 0 Å². The first-order valence-electron chi connectivity index (χ1n) is 4.48. The number of methoxy groups -OCH3 is 1. The Balaban J connectivity index is 2.44. The molecule has 76 valence electrons. The molecular formula is C11H15NO2. The smallest absolute Gasteiger partial charge is 0.161 e. The molecule has 3 heteroatoms. The number of benzene rings is 1. The van der Waals surface area contributed by atoms with E-state index in [1.807, 2.05) is 24.3 Å². The van der Waals surface area contributed by atoms with Crippen molar-refractivity contribution >= 4 is 0 Å². The molecule has 14 heavy (non-hydrogen) atoms. The highest BCUT2D eigenvalue weighted by molar-refractivity contribution is 5.39. The van der Waals surface area contributed by atoms with Gasteiger partial charge in [-0.2, -0.15) is 0 Å². The van der Waals surface area contributed by atoms with Crippen molar-refractivity contribution in [1.82, 2.24) is 5.32 Å². The molecule has 0 bridgehead atoms. The first-order valence-corrected chi connectivity index (χ1v) is 4.48. The molecule has 0 aliphatic rings. The van der Waals surface area contributed by atoms with Gasteiger partial charge in [-0.3, -0.25) is 0 Å². The molecule has 0 saturated heterocycles. The quantitative estimate of drug-likeness (QED) is 0.699. The van der Waals surface area contributed by atoms with Gasteiger partial charge in [-0.1, -0.05) is 18.7 Å². The summed E-state index contributed by atoms with van der Waals surface area (Å²) in [5, 5.41) is 2.95. The van der Waals surface area contributed by atoms with Crippen LogP contribution in [0.3, 0.4) is 0 Å². The molecule has 0 spiro atoms. The molecule has 0 amide bonds. The van der Waals surface area contributed by atoms with Crippen LogP contribution in [0.2, 0.25) is 0 Å². The second-order valence-corrected chi connectivity index (χ2v) is 2.66. The molecule has 0 aromatic heterocycles. The van der Waals surface area contributed by atoms with Gasteiger partial charge in [0.2, 0.25) is 0 Å². The van der Waals surface area contributed by atoms with Crippen molar-refractivity contribution in [2.45, 2.75) is 0 Å². The number of hydrogen-bond acceptors (Lipinski definition) is 3. The maximum Gasteiger partial charge on any atom is 0.161 e. The maximum absolute atomic E-state index is 5.49. The van der Waals surface area contributed by atoms with E-state index >= 15 is 0 Å². The number of para-hydroxylation sites is 2. The normalized spacial score (nSPS) is 9.21. The van der Waals surface area contributed by atoms with Crippen LogP contribution in [0.4, 0.5) is 0 Å². The lowest BCUT2D eigenvalue weighted by Gasteiger charge is -2.09. The predicted molar refractivity (Wildman–Crippen MR) is 56.7 cm³/mol. The first-order chi connectivity index (χ1) is 6.88. The third-order valence-corrected chi connectivity index (χ3v) is 1.72. The molecule has 1 rings (SSSR count). The van der Waals surface area contributed by atoms with Crippen molar-refractivity contribution in [3.05, 3.63) is 37.0 Å². The third kappa shape index (κ3) is 3.01. The lowest BCUT2D eigenvalue weighted by Crippen LogP contribution is -2.15. The van der Waals surface area contributed by atoms with Crippen LogP contribution in [0.15, 0.2) is 37.0 Å². The summed E-state index contributed by atoms with van der Waals surface area (Å²) in [6.07, 6.45) is 1.64. The summed E-state index contributed by atoms with van der Waals surface area (Å²) in [5.41, 5.74) is 0. The molecule has 0 aliphatic heterocycles. The van der Waals surface area contributed by atoms with Crippen molar-refractivity contribution in [1.29, 1.82) is 0 Å². The molecule has 0 fully saturated rings. The van der Waals surface area contributed by atoms with Crippen LogP contribution in [-0.2, 0) is 0 Å². The van der Waals surface area contributed by atoms with Crippen molar-refractivity contribution in [2.75, 3.05) is 20.3 Å². The molecule has 0 heterocycles. The van der Waals surface area contributed by atoms with Gasteiger partial charge in [0.1, 0.15) is 6.61 Å². The molecule has 0 atom stereocenters. The summed E-state index contributed by atoms with van der Waals surface area (Å²) < 4.78 is 10.6. The minimum absolute atomic E-state index is 0.590. The average Bonchev–Trinajstić information content (AvgIpc) is 2.25. The fraction of sp³-hybridized carbons (Fsp3) is 0.273. The lowest BCUT2D eigenvalue weighted by atomic mass is 10.3. The van der Waals surface area contributed by atoms with E-state index in [1.165, 1.54) is 0 Å². The van der Waals surface area contributed by atoms with E-state index in [4.69, 9.17) is 9.47 Å². The highest BCUT2D eigenvalue weighted by Crippen LogP contribution is 2.25. The highest BCUT2D eigenvalue weighted by Gasteiger charge is 2.00. The summed E-state index contributed by atoms with van der Waals surface area (Å²) in [6, 6.07) is 7.58. The van der Waals surface area contributed by atoms with Crippen LogP contribution in [0, 0.1) is 0 Å². The van der Waals surface area contributed by atoms with Crippen molar-refractivity contribution < 1.29 is 9.47 Å². The Morgan fingerprint density at radius 1 is 1.36 bits per heavy atom. The zero-order valence-electron chi connectivity index (χ0n) is 8.32. The summed E-state index contributed by atoms with van der Waals surface area (Å²) in [5.74, 6) is 1.52. The Morgan fingerprint density at radius 3 is 2.71 bits per heavy atom. The lowest BCUT2D eigenvalue weighted by molar-refractivity contribution is 0.297.